The third-order valence-electron chi connectivity index (χ3n) is 3.83. The second kappa shape index (κ2) is 5.19. The van der Waals surface area contributed by atoms with Crippen molar-refractivity contribution in [2.75, 3.05) is 12.0 Å². The molecule has 2 heterocycles. The Labute approximate surface area is 126 Å². The molecule has 1 atom stereocenters. The molecular formula is C16H14FN3O2. The van der Waals surface area contributed by atoms with E-state index in [1.54, 1.807) is 25.1 Å². The predicted molar refractivity (Wildman–Crippen MR) is 79.0 cm³/mol. The third kappa shape index (κ3) is 2.31. The number of alkyl halides is 1. The van der Waals surface area contributed by atoms with Gasteiger partial charge in [-0.05, 0) is 36.8 Å². The lowest BCUT2D eigenvalue weighted by atomic mass is 9.88. The van der Waals surface area contributed by atoms with Crippen molar-refractivity contribution in [2.45, 2.75) is 18.9 Å². The topological polar surface area (TPSA) is 77.9 Å². The molecule has 2 aromatic rings. The highest BCUT2D eigenvalue weighted by Gasteiger charge is 2.37. The first-order valence-electron chi connectivity index (χ1n) is 6.86. The minimum absolute atomic E-state index is 0.0883. The zero-order chi connectivity index (χ0) is 15.7. The summed E-state index contributed by atoms with van der Waals surface area (Å²) in [7, 11) is 0. The summed E-state index contributed by atoms with van der Waals surface area (Å²) in [6.07, 6.45) is -0.492. The number of cyclic esters (lactones) is 1. The first kappa shape index (κ1) is 14.1. The van der Waals surface area contributed by atoms with Crippen LogP contribution in [0.3, 0.4) is 0 Å². The summed E-state index contributed by atoms with van der Waals surface area (Å²) in [5.74, 6) is 0. The number of ether oxygens (including phenoxy) is 1. The number of nitrogens with zero attached hydrogens (tertiary/aromatic N) is 1. The highest BCUT2D eigenvalue weighted by molar-refractivity contribution is 5.89. The summed E-state index contributed by atoms with van der Waals surface area (Å²) in [5.41, 5.74) is 2.40. The molecule has 0 saturated carbocycles. The fraction of sp³-hybridized carbons (Fsp3) is 0.250. The summed E-state index contributed by atoms with van der Waals surface area (Å²) < 4.78 is 18.2. The van der Waals surface area contributed by atoms with Crippen molar-refractivity contribution in [3.05, 3.63) is 41.6 Å². The fourth-order valence-electron chi connectivity index (χ4n) is 2.65. The van der Waals surface area contributed by atoms with Crippen molar-refractivity contribution in [3.63, 3.8) is 0 Å². The Kier molecular flexibility index (Phi) is 3.33. The van der Waals surface area contributed by atoms with Crippen molar-refractivity contribution in [1.29, 1.82) is 5.26 Å². The van der Waals surface area contributed by atoms with E-state index in [9.17, 15) is 9.18 Å². The average molecular weight is 299 g/mol. The molecule has 0 aliphatic carbocycles. The molecule has 1 amide bonds. The van der Waals surface area contributed by atoms with Gasteiger partial charge in [-0.2, -0.15) is 5.26 Å². The molecule has 3 rings (SSSR count). The van der Waals surface area contributed by atoms with E-state index in [0.29, 0.717) is 11.4 Å². The van der Waals surface area contributed by atoms with Crippen LogP contribution in [0, 0.1) is 11.3 Å². The van der Waals surface area contributed by atoms with Crippen LogP contribution >= 0.6 is 0 Å². The Morgan fingerprint density at radius 1 is 1.36 bits per heavy atom. The minimum atomic E-state index is -1.01. The molecule has 1 aromatic heterocycles. The number of carbonyl (C=O) groups is 1. The van der Waals surface area contributed by atoms with Crippen LogP contribution in [0.1, 0.15) is 24.6 Å². The van der Waals surface area contributed by atoms with Crippen molar-refractivity contribution >= 4 is 11.8 Å². The Bertz CT molecular complexity index is 778. The Hall–Kier alpha value is -2.81. The largest absolute Gasteiger partial charge is 0.438 e. The number of rotatable bonds is 3. The van der Waals surface area contributed by atoms with Gasteiger partial charge in [-0.3, -0.25) is 9.71 Å². The second-order valence-electron chi connectivity index (χ2n) is 5.34. The molecule has 0 fully saturated rings. The number of nitriles is 1. The third-order valence-corrected chi connectivity index (χ3v) is 3.83. The summed E-state index contributed by atoms with van der Waals surface area (Å²) in [6, 6.07) is 11.0. The van der Waals surface area contributed by atoms with Crippen LogP contribution < -0.4 is 5.32 Å². The summed E-state index contributed by atoms with van der Waals surface area (Å²) >= 11 is 0. The smallest absolute Gasteiger partial charge is 0.412 e. The SMILES string of the molecule is CC1(CCF)OC(=O)Nc2ccc(-c3ccc(C#N)[nH]3)cc21. The number of nitrogens with one attached hydrogen (secondary N) is 2. The van der Waals surface area contributed by atoms with Gasteiger partial charge in [-0.1, -0.05) is 6.07 Å². The number of hydrogen-bond acceptors (Lipinski definition) is 3. The van der Waals surface area contributed by atoms with Crippen molar-refractivity contribution in [2.24, 2.45) is 0 Å². The molecule has 1 aromatic carbocycles. The van der Waals surface area contributed by atoms with Gasteiger partial charge in [-0.25, -0.2) is 4.79 Å². The highest BCUT2D eigenvalue weighted by Crippen LogP contribution is 2.40. The molecule has 0 radical (unpaired) electrons. The van der Waals surface area contributed by atoms with E-state index >= 15 is 0 Å². The number of carbonyl (C=O) groups excluding carboxylic acids is 1. The Balaban J connectivity index is 2.08. The first-order chi connectivity index (χ1) is 10.6. The Morgan fingerprint density at radius 3 is 2.86 bits per heavy atom. The van der Waals surface area contributed by atoms with Crippen LogP contribution in [0.15, 0.2) is 30.3 Å². The van der Waals surface area contributed by atoms with Gasteiger partial charge in [0.05, 0.1) is 12.4 Å². The zero-order valence-electron chi connectivity index (χ0n) is 11.9. The molecular weight excluding hydrogens is 285 g/mol. The standard InChI is InChI=1S/C16H14FN3O2/c1-16(6-7-17)12-8-10(13-5-3-11(9-18)19-13)2-4-14(12)20-15(21)22-16/h2-5,8,19H,6-7H2,1H3,(H,20,21). The maximum atomic E-state index is 12.9. The van der Waals surface area contributed by atoms with Crippen LogP contribution in [-0.4, -0.2) is 17.8 Å². The van der Waals surface area contributed by atoms with Crippen LogP contribution in [0.4, 0.5) is 14.9 Å². The van der Waals surface area contributed by atoms with Crippen LogP contribution in [0.2, 0.25) is 0 Å². The maximum absolute atomic E-state index is 12.9. The lowest BCUT2D eigenvalue weighted by Gasteiger charge is -2.35. The molecule has 22 heavy (non-hydrogen) atoms. The van der Waals surface area contributed by atoms with E-state index in [-0.39, 0.29) is 6.42 Å². The Morgan fingerprint density at radius 2 is 2.18 bits per heavy atom. The molecule has 6 heteroatoms. The van der Waals surface area contributed by atoms with Crippen LogP contribution in [0.25, 0.3) is 11.3 Å². The summed E-state index contributed by atoms with van der Waals surface area (Å²) in [4.78, 5) is 14.6. The molecule has 2 N–H and O–H groups in total. The number of H-pyrrole nitrogens is 1. The number of halogens is 1. The number of fused-ring (bicyclic) bond motifs is 1. The highest BCUT2D eigenvalue weighted by atomic mass is 19.1. The van der Waals surface area contributed by atoms with Gasteiger partial charge in [0.15, 0.2) is 0 Å². The van der Waals surface area contributed by atoms with Gasteiger partial charge < -0.3 is 9.72 Å². The van der Waals surface area contributed by atoms with E-state index in [1.807, 2.05) is 18.2 Å². The van der Waals surface area contributed by atoms with Gasteiger partial charge in [0.25, 0.3) is 0 Å². The van der Waals surface area contributed by atoms with Gasteiger partial charge in [0.2, 0.25) is 0 Å². The van der Waals surface area contributed by atoms with Crippen molar-refractivity contribution in [3.8, 4) is 17.3 Å². The van der Waals surface area contributed by atoms with Gasteiger partial charge in [0.1, 0.15) is 17.4 Å². The monoisotopic (exact) mass is 299 g/mol. The second-order valence-corrected chi connectivity index (χ2v) is 5.34. The first-order valence-corrected chi connectivity index (χ1v) is 6.86. The number of amides is 1. The van der Waals surface area contributed by atoms with E-state index < -0.39 is 18.4 Å². The number of aromatic amines is 1. The number of aromatic nitrogens is 1. The molecule has 0 spiro atoms. The molecule has 1 aliphatic rings. The zero-order valence-corrected chi connectivity index (χ0v) is 11.9. The van der Waals surface area contributed by atoms with Crippen LogP contribution in [0.5, 0.6) is 0 Å². The number of benzene rings is 1. The molecule has 1 aliphatic heterocycles. The molecule has 1 unspecified atom stereocenters. The maximum Gasteiger partial charge on any atom is 0.412 e. The van der Waals surface area contributed by atoms with Crippen LogP contribution in [-0.2, 0) is 10.3 Å². The predicted octanol–water partition coefficient (Wildman–Crippen LogP) is 3.69. The molecule has 112 valence electrons. The number of hydrogen-bond donors (Lipinski definition) is 2. The van der Waals surface area contributed by atoms with Gasteiger partial charge in [0, 0.05) is 17.7 Å². The van der Waals surface area contributed by atoms with E-state index in [1.165, 1.54) is 0 Å². The fourth-order valence-corrected chi connectivity index (χ4v) is 2.65. The molecule has 5 nitrogen and oxygen atoms in total. The van der Waals surface area contributed by atoms with E-state index in [4.69, 9.17) is 10.00 Å². The molecule has 0 saturated heterocycles. The minimum Gasteiger partial charge on any atom is -0.438 e. The van der Waals surface area contributed by atoms with E-state index in [0.717, 1.165) is 16.8 Å². The summed E-state index contributed by atoms with van der Waals surface area (Å²) in [6.45, 7) is 1.11. The average Bonchev–Trinajstić information content (AvgIpc) is 2.96. The summed E-state index contributed by atoms with van der Waals surface area (Å²) in [5, 5.41) is 11.5. The van der Waals surface area contributed by atoms with Crippen molar-refractivity contribution in [1.82, 2.24) is 4.98 Å². The quantitative estimate of drug-likeness (QED) is 0.907. The normalized spacial score (nSPS) is 19.8. The number of anilines is 1. The van der Waals surface area contributed by atoms with Gasteiger partial charge >= 0.3 is 6.09 Å². The molecule has 0 bridgehead atoms. The lowest BCUT2D eigenvalue weighted by Crippen LogP contribution is -2.37. The van der Waals surface area contributed by atoms with Gasteiger partial charge in [-0.15, -0.1) is 0 Å². The lowest BCUT2D eigenvalue weighted by molar-refractivity contribution is 0.0151. The van der Waals surface area contributed by atoms with E-state index in [2.05, 4.69) is 10.3 Å². The van der Waals surface area contributed by atoms with Crippen molar-refractivity contribution < 1.29 is 13.9 Å².